The molecule has 2 aromatic carbocycles. The molecule has 1 heterocycles. The van der Waals surface area contributed by atoms with E-state index in [1.807, 2.05) is 18.2 Å². The van der Waals surface area contributed by atoms with Crippen LogP contribution in [0.3, 0.4) is 0 Å². The molecule has 0 spiro atoms. The number of amides is 1. The van der Waals surface area contributed by atoms with Crippen molar-refractivity contribution in [3.63, 3.8) is 0 Å². The topological polar surface area (TPSA) is 41.6 Å². The Balaban J connectivity index is 1.50. The van der Waals surface area contributed by atoms with E-state index in [0.717, 1.165) is 58.2 Å². The minimum atomic E-state index is -0.0615. The number of halogens is 1. The maximum absolute atomic E-state index is 12.8. The van der Waals surface area contributed by atoms with E-state index in [1.54, 1.807) is 6.07 Å². The quantitative estimate of drug-likeness (QED) is 0.484. The number of hydrogen-bond acceptors (Lipinski definition) is 3. The summed E-state index contributed by atoms with van der Waals surface area (Å²) in [6, 6.07) is 16.1. The molecule has 168 valence electrons. The van der Waals surface area contributed by atoms with E-state index in [9.17, 15) is 4.79 Å². The van der Waals surface area contributed by atoms with Gasteiger partial charge in [-0.2, -0.15) is 0 Å². The number of nitrogens with zero attached hydrogens (tertiary/aromatic N) is 1. The highest BCUT2D eigenvalue weighted by Crippen LogP contribution is 2.28. The van der Waals surface area contributed by atoms with Crippen LogP contribution in [0.2, 0.25) is 5.02 Å². The molecule has 0 aromatic heterocycles. The fraction of sp³-hybridized carbons (Fsp3) is 0.500. The van der Waals surface area contributed by atoms with Gasteiger partial charge in [-0.05, 0) is 49.4 Å². The van der Waals surface area contributed by atoms with Crippen LogP contribution in [-0.4, -0.2) is 36.0 Å². The minimum Gasteiger partial charge on any atom is -0.489 e. The predicted molar refractivity (Wildman–Crippen MR) is 128 cm³/mol. The highest BCUT2D eigenvalue weighted by atomic mass is 35.5. The number of nitrogens with one attached hydrogen (secondary N) is 1. The molecule has 0 bridgehead atoms. The van der Waals surface area contributed by atoms with Crippen LogP contribution in [0, 0.1) is 0 Å². The van der Waals surface area contributed by atoms with E-state index in [0.29, 0.717) is 16.3 Å². The molecule has 1 saturated heterocycles. The second-order valence-corrected chi connectivity index (χ2v) is 8.88. The molecule has 2 aromatic rings. The summed E-state index contributed by atoms with van der Waals surface area (Å²) in [5.41, 5.74) is 1.92. The van der Waals surface area contributed by atoms with Crippen molar-refractivity contribution < 1.29 is 9.53 Å². The molecule has 1 amide bonds. The van der Waals surface area contributed by atoms with Crippen LogP contribution < -0.4 is 10.1 Å². The van der Waals surface area contributed by atoms with Gasteiger partial charge >= 0.3 is 0 Å². The van der Waals surface area contributed by atoms with Gasteiger partial charge in [-0.1, -0.05) is 68.6 Å². The van der Waals surface area contributed by atoms with Gasteiger partial charge in [0.05, 0.1) is 11.1 Å². The van der Waals surface area contributed by atoms with Crippen LogP contribution in [0.25, 0.3) is 0 Å². The molecule has 0 unspecified atom stereocenters. The van der Waals surface area contributed by atoms with E-state index in [1.165, 1.54) is 5.56 Å². The van der Waals surface area contributed by atoms with Gasteiger partial charge in [0.15, 0.2) is 0 Å². The van der Waals surface area contributed by atoms with Gasteiger partial charge < -0.3 is 10.1 Å². The lowest BCUT2D eigenvalue weighted by Crippen LogP contribution is -2.44. The number of hydrogen-bond donors (Lipinski definition) is 1. The van der Waals surface area contributed by atoms with Gasteiger partial charge in [0, 0.05) is 31.2 Å². The van der Waals surface area contributed by atoms with Gasteiger partial charge in [-0.25, -0.2) is 0 Å². The second kappa shape index (κ2) is 12.1. The molecule has 1 N–H and O–H groups in total. The van der Waals surface area contributed by atoms with Gasteiger partial charge in [-0.3, -0.25) is 9.69 Å². The molecule has 4 nitrogen and oxygen atoms in total. The molecule has 1 aliphatic heterocycles. The fourth-order valence-corrected chi connectivity index (χ4v) is 4.39. The summed E-state index contributed by atoms with van der Waals surface area (Å²) in [5, 5.41) is 3.68. The summed E-state index contributed by atoms with van der Waals surface area (Å²) in [4.78, 5) is 15.2. The van der Waals surface area contributed by atoms with Crippen molar-refractivity contribution in [3.8, 4) is 5.75 Å². The van der Waals surface area contributed by atoms with Crippen molar-refractivity contribution in [2.24, 2.45) is 0 Å². The Morgan fingerprint density at radius 3 is 2.39 bits per heavy atom. The number of benzene rings is 2. The van der Waals surface area contributed by atoms with Crippen LogP contribution in [0.5, 0.6) is 5.75 Å². The zero-order chi connectivity index (χ0) is 22.1. The van der Waals surface area contributed by atoms with Crippen LogP contribution in [0.1, 0.15) is 68.3 Å². The molecule has 0 saturated carbocycles. The van der Waals surface area contributed by atoms with Crippen LogP contribution in [-0.2, 0) is 6.54 Å². The van der Waals surface area contributed by atoms with Crippen molar-refractivity contribution in [2.75, 3.05) is 13.1 Å². The van der Waals surface area contributed by atoms with Crippen molar-refractivity contribution in [3.05, 3.63) is 64.7 Å². The zero-order valence-electron chi connectivity index (χ0n) is 18.8. The summed E-state index contributed by atoms with van der Waals surface area (Å²) in [7, 11) is 0. The van der Waals surface area contributed by atoms with Gasteiger partial charge in [0.2, 0.25) is 0 Å². The van der Waals surface area contributed by atoms with Gasteiger partial charge in [-0.15, -0.1) is 0 Å². The standard InChI is InChI=1S/C26H35ClN2O2/c1-3-8-23(9-4-2)31-25-13-12-21(18-24(25)27)26(30)28-22-14-16-29(17-15-22)19-20-10-6-5-7-11-20/h5-7,10-13,18,22-23H,3-4,8-9,14-17,19H2,1-2H3,(H,28,30). The van der Waals surface area contributed by atoms with E-state index in [4.69, 9.17) is 16.3 Å². The predicted octanol–water partition coefficient (Wildman–Crippen LogP) is 6.08. The van der Waals surface area contributed by atoms with Gasteiger partial charge in [0.1, 0.15) is 5.75 Å². The number of carbonyl (C=O) groups excluding carboxylic acids is 1. The Morgan fingerprint density at radius 2 is 1.77 bits per heavy atom. The molecule has 0 atom stereocenters. The Labute approximate surface area is 191 Å². The molecule has 31 heavy (non-hydrogen) atoms. The van der Waals surface area contributed by atoms with Crippen molar-refractivity contribution in [1.29, 1.82) is 0 Å². The SMILES string of the molecule is CCCC(CCC)Oc1ccc(C(=O)NC2CCN(Cc3ccccc3)CC2)cc1Cl. The largest absolute Gasteiger partial charge is 0.489 e. The number of likely N-dealkylation sites (tertiary alicyclic amines) is 1. The van der Waals surface area contributed by atoms with E-state index in [-0.39, 0.29) is 18.1 Å². The lowest BCUT2D eigenvalue weighted by atomic mass is 10.0. The first-order chi connectivity index (χ1) is 15.1. The number of carbonyl (C=O) groups is 1. The second-order valence-electron chi connectivity index (χ2n) is 8.47. The summed E-state index contributed by atoms with van der Waals surface area (Å²) in [6.45, 7) is 7.27. The van der Waals surface area contributed by atoms with Crippen LogP contribution in [0.15, 0.2) is 48.5 Å². The molecule has 3 rings (SSSR count). The first-order valence-corrected chi connectivity index (χ1v) is 12.0. The molecular formula is C26H35ClN2O2. The Kier molecular flexibility index (Phi) is 9.23. The Morgan fingerprint density at radius 1 is 1.10 bits per heavy atom. The first kappa shape index (κ1) is 23.6. The average Bonchev–Trinajstić information content (AvgIpc) is 2.77. The molecule has 5 heteroatoms. The monoisotopic (exact) mass is 442 g/mol. The van der Waals surface area contributed by atoms with E-state index < -0.39 is 0 Å². The van der Waals surface area contributed by atoms with E-state index >= 15 is 0 Å². The molecule has 1 fully saturated rings. The normalized spacial score (nSPS) is 15.2. The van der Waals surface area contributed by atoms with E-state index in [2.05, 4.69) is 48.3 Å². The number of ether oxygens (including phenoxy) is 1. The minimum absolute atomic E-state index is 0.0615. The summed E-state index contributed by atoms with van der Waals surface area (Å²) >= 11 is 6.45. The Bertz CT molecular complexity index is 813. The lowest BCUT2D eigenvalue weighted by Gasteiger charge is -2.32. The molecule has 1 aliphatic rings. The highest BCUT2D eigenvalue weighted by molar-refractivity contribution is 6.32. The molecule has 0 aliphatic carbocycles. The molecular weight excluding hydrogens is 408 g/mol. The fourth-order valence-electron chi connectivity index (χ4n) is 4.17. The smallest absolute Gasteiger partial charge is 0.251 e. The van der Waals surface area contributed by atoms with Crippen molar-refractivity contribution in [2.45, 2.75) is 71.1 Å². The average molecular weight is 443 g/mol. The Hall–Kier alpha value is -2.04. The number of piperidine rings is 1. The number of rotatable bonds is 10. The van der Waals surface area contributed by atoms with Crippen LogP contribution >= 0.6 is 11.6 Å². The maximum Gasteiger partial charge on any atom is 0.251 e. The maximum atomic E-state index is 12.8. The third-order valence-electron chi connectivity index (χ3n) is 5.88. The first-order valence-electron chi connectivity index (χ1n) is 11.6. The molecule has 0 radical (unpaired) electrons. The van der Waals surface area contributed by atoms with Crippen LogP contribution in [0.4, 0.5) is 0 Å². The third-order valence-corrected chi connectivity index (χ3v) is 6.18. The highest BCUT2D eigenvalue weighted by Gasteiger charge is 2.22. The summed E-state index contributed by atoms with van der Waals surface area (Å²) in [5.74, 6) is 0.605. The van der Waals surface area contributed by atoms with Crippen molar-refractivity contribution >= 4 is 17.5 Å². The van der Waals surface area contributed by atoms with Crippen molar-refractivity contribution in [1.82, 2.24) is 10.2 Å². The third kappa shape index (κ3) is 7.26. The summed E-state index contributed by atoms with van der Waals surface area (Å²) < 4.78 is 6.10. The lowest BCUT2D eigenvalue weighted by molar-refractivity contribution is 0.0909. The summed E-state index contributed by atoms with van der Waals surface area (Å²) in [6.07, 6.45) is 6.27. The van der Waals surface area contributed by atoms with Gasteiger partial charge in [0.25, 0.3) is 5.91 Å². The zero-order valence-corrected chi connectivity index (χ0v) is 19.5.